The number of rotatable bonds is 5. The zero-order valence-electron chi connectivity index (χ0n) is 12.3. The molecule has 0 aromatic heterocycles. The van der Waals surface area contributed by atoms with Crippen LogP contribution in [0, 0.1) is 5.92 Å². The molecule has 2 amide bonds. The summed E-state index contributed by atoms with van der Waals surface area (Å²) in [6.07, 6.45) is 7.21. The number of allylic oxidation sites excluding steroid dienone is 2. The molecule has 0 saturated carbocycles. The molecule has 1 saturated heterocycles. The lowest BCUT2D eigenvalue weighted by Crippen LogP contribution is -2.51. The van der Waals surface area contributed by atoms with E-state index in [4.69, 9.17) is 0 Å². The Morgan fingerprint density at radius 3 is 2.60 bits per heavy atom. The van der Waals surface area contributed by atoms with Crippen LogP contribution in [0.3, 0.4) is 0 Å². The monoisotopic (exact) mass is 279 g/mol. The first-order chi connectivity index (χ1) is 9.69. The Morgan fingerprint density at radius 1 is 1.25 bits per heavy atom. The molecular formula is C15H25N3O2. The quantitative estimate of drug-likeness (QED) is 0.751. The van der Waals surface area contributed by atoms with Crippen molar-refractivity contribution in [1.29, 1.82) is 0 Å². The van der Waals surface area contributed by atoms with Crippen LogP contribution < -0.4 is 5.32 Å². The van der Waals surface area contributed by atoms with E-state index in [0.29, 0.717) is 25.4 Å². The number of hydrogen-bond donors (Lipinski definition) is 1. The minimum absolute atomic E-state index is 0.0726. The van der Waals surface area contributed by atoms with Gasteiger partial charge in [-0.3, -0.25) is 14.5 Å². The summed E-state index contributed by atoms with van der Waals surface area (Å²) < 4.78 is 0. The van der Waals surface area contributed by atoms with E-state index in [1.165, 1.54) is 0 Å². The van der Waals surface area contributed by atoms with E-state index in [9.17, 15) is 9.59 Å². The largest absolute Gasteiger partial charge is 0.355 e. The summed E-state index contributed by atoms with van der Waals surface area (Å²) in [6.45, 7) is 6.12. The minimum atomic E-state index is 0.0726. The highest BCUT2D eigenvalue weighted by Gasteiger charge is 2.24. The molecule has 1 atom stereocenters. The zero-order valence-corrected chi connectivity index (χ0v) is 12.3. The second-order valence-electron chi connectivity index (χ2n) is 5.58. The normalized spacial score (nSPS) is 23.1. The average Bonchev–Trinajstić information content (AvgIpc) is 2.92. The molecule has 1 heterocycles. The number of hydrogen-bond acceptors (Lipinski definition) is 3. The van der Waals surface area contributed by atoms with Gasteiger partial charge in [-0.25, -0.2) is 0 Å². The van der Waals surface area contributed by atoms with Gasteiger partial charge in [-0.1, -0.05) is 12.2 Å². The van der Waals surface area contributed by atoms with Crippen LogP contribution in [0.2, 0.25) is 0 Å². The highest BCUT2D eigenvalue weighted by molar-refractivity contribution is 5.78. The molecule has 1 N–H and O–H groups in total. The Balaban J connectivity index is 1.69. The third kappa shape index (κ3) is 4.34. The lowest BCUT2D eigenvalue weighted by molar-refractivity contribution is -0.133. The van der Waals surface area contributed by atoms with Crippen LogP contribution in [-0.2, 0) is 9.59 Å². The van der Waals surface area contributed by atoms with Crippen LogP contribution in [0.5, 0.6) is 0 Å². The van der Waals surface area contributed by atoms with Crippen molar-refractivity contribution in [2.45, 2.75) is 26.2 Å². The first-order valence-electron chi connectivity index (χ1n) is 7.62. The molecule has 0 spiro atoms. The van der Waals surface area contributed by atoms with Crippen LogP contribution in [0.4, 0.5) is 0 Å². The van der Waals surface area contributed by atoms with Crippen molar-refractivity contribution in [2.24, 2.45) is 5.92 Å². The topological polar surface area (TPSA) is 52.7 Å². The van der Waals surface area contributed by atoms with Crippen LogP contribution in [0.25, 0.3) is 0 Å². The zero-order chi connectivity index (χ0) is 14.4. The van der Waals surface area contributed by atoms with Crippen molar-refractivity contribution >= 4 is 11.8 Å². The van der Waals surface area contributed by atoms with Gasteiger partial charge in [0.25, 0.3) is 0 Å². The van der Waals surface area contributed by atoms with Gasteiger partial charge < -0.3 is 10.2 Å². The molecule has 1 aliphatic heterocycles. The van der Waals surface area contributed by atoms with E-state index >= 15 is 0 Å². The van der Waals surface area contributed by atoms with Crippen LogP contribution in [0.15, 0.2) is 12.2 Å². The Bertz CT molecular complexity index is 373. The number of piperazine rings is 1. The highest BCUT2D eigenvalue weighted by atomic mass is 16.2. The molecule has 0 aromatic carbocycles. The molecule has 0 bridgehead atoms. The van der Waals surface area contributed by atoms with Gasteiger partial charge in [-0.15, -0.1) is 0 Å². The standard InChI is InChI=1S/C15H25N3O2/c1-2-16-14(19)12-17-7-9-18(10-8-17)15(20)11-13-5-3-4-6-13/h3,5,13H,2,4,6-12H2,1H3,(H,16,19). The maximum atomic E-state index is 12.2. The maximum Gasteiger partial charge on any atom is 0.234 e. The number of carbonyl (C=O) groups is 2. The fourth-order valence-electron chi connectivity index (χ4n) is 2.83. The smallest absolute Gasteiger partial charge is 0.234 e. The lowest BCUT2D eigenvalue weighted by atomic mass is 10.0. The molecule has 1 fully saturated rings. The Labute approximate surface area is 121 Å². The highest BCUT2D eigenvalue weighted by Crippen LogP contribution is 2.21. The van der Waals surface area contributed by atoms with Gasteiger partial charge in [-0.05, 0) is 25.7 Å². The SMILES string of the molecule is CCNC(=O)CN1CCN(C(=O)CC2C=CCC2)CC1. The summed E-state index contributed by atoms with van der Waals surface area (Å²) in [5, 5.41) is 2.81. The first kappa shape index (κ1) is 15.0. The first-order valence-corrected chi connectivity index (χ1v) is 7.62. The number of amides is 2. The lowest BCUT2D eigenvalue weighted by Gasteiger charge is -2.34. The van der Waals surface area contributed by atoms with E-state index in [1.54, 1.807) is 0 Å². The summed E-state index contributed by atoms with van der Waals surface area (Å²) in [7, 11) is 0. The van der Waals surface area contributed by atoms with Crippen molar-refractivity contribution in [3.05, 3.63) is 12.2 Å². The molecular weight excluding hydrogens is 254 g/mol. The fraction of sp³-hybridized carbons (Fsp3) is 0.733. The second kappa shape index (κ2) is 7.43. The van der Waals surface area contributed by atoms with E-state index in [2.05, 4.69) is 22.4 Å². The maximum absolute atomic E-state index is 12.2. The van der Waals surface area contributed by atoms with Crippen LogP contribution >= 0.6 is 0 Å². The minimum Gasteiger partial charge on any atom is -0.355 e. The van der Waals surface area contributed by atoms with Crippen LogP contribution in [-0.4, -0.2) is 60.9 Å². The van der Waals surface area contributed by atoms with E-state index in [1.807, 2.05) is 11.8 Å². The molecule has 0 radical (unpaired) electrons. The van der Waals surface area contributed by atoms with Gasteiger partial charge in [0.05, 0.1) is 6.54 Å². The number of nitrogens with one attached hydrogen (secondary N) is 1. The molecule has 112 valence electrons. The summed E-state index contributed by atoms with van der Waals surface area (Å²) in [4.78, 5) is 27.8. The molecule has 1 aliphatic carbocycles. The number of nitrogens with zero attached hydrogens (tertiary/aromatic N) is 2. The molecule has 0 aromatic rings. The third-order valence-electron chi connectivity index (χ3n) is 4.02. The summed E-state index contributed by atoms with van der Waals surface area (Å²) >= 11 is 0. The molecule has 1 unspecified atom stereocenters. The molecule has 2 aliphatic rings. The molecule has 2 rings (SSSR count). The van der Waals surface area contributed by atoms with Crippen molar-refractivity contribution in [3.63, 3.8) is 0 Å². The van der Waals surface area contributed by atoms with Crippen molar-refractivity contribution < 1.29 is 9.59 Å². The molecule has 5 nitrogen and oxygen atoms in total. The Morgan fingerprint density at radius 2 is 2.00 bits per heavy atom. The molecule has 20 heavy (non-hydrogen) atoms. The predicted molar refractivity (Wildman–Crippen MR) is 78.2 cm³/mol. The van der Waals surface area contributed by atoms with Gasteiger partial charge in [0.1, 0.15) is 0 Å². The summed E-state index contributed by atoms with van der Waals surface area (Å²) in [5.74, 6) is 0.776. The average molecular weight is 279 g/mol. The summed E-state index contributed by atoms with van der Waals surface area (Å²) in [5.41, 5.74) is 0. The Kier molecular flexibility index (Phi) is 5.59. The van der Waals surface area contributed by atoms with Crippen molar-refractivity contribution in [1.82, 2.24) is 15.1 Å². The second-order valence-corrected chi connectivity index (χ2v) is 5.58. The van der Waals surface area contributed by atoms with Gasteiger partial charge >= 0.3 is 0 Å². The Hall–Kier alpha value is -1.36. The van der Waals surface area contributed by atoms with Gasteiger partial charge in [0.15, 0.2) is 0 Å². The summed E-state index contributed by atoms with van der Waals surface area (Å²) in [6, 6.07) is 0. The molecule has 5 heteroatoms. The van der Waals surface area contributed by atoms with Crippen molar-refractivity contribution in [3.8, 4) is 0 Å². The van der Waals surface area contributed by atoms with Crippen molar-refractivity contribution in [2.75, 3.05) is 39.3 Å². The van der Waals surface area contributed by atoms with Crippen LogP contribution in [0.1, 0.15) is 26.2 Å². The van der Waals surface area contributed by atoms with Gasteiger partial charge in [-0.2, -0.15) is 0 Å². The predicted octanol–water partition coefficient (Wildman–Crippen LogP) is 0.623. The van der Waals surface area contributed by atoms with E-state index < -0.39 is 0 Å². The van der Waals surface area contributed by atoms with E-state index in [-0.39, 0.29) is 11.8 Å². The van der Waals surface area contributed by atoms with Gasteiger partial charge in [0, 0.05) is 39.1 Å². The third-order valence-corrected chi connectivity index (χ3v) is 4.02. The fourth-order valence-corrected chi connectivity index (χ4v) is 2.83. The number of likely N-dealkylation sites (N-methyl/N-ethyl adjacent to an activating group) is 1. The van der Waals surface area contributed by atoms with Gasteiger partial charge in [0.2, 0.25) is 11.8 Å². The van der Waals surface area contributed by atoms with E-state index in [0.717, 1.165) is 39.0 Å². The number of carbonyl (C=O) groups excluding carboxylic acids is 2.